The van der Waals surface area contributed by atoms with Crippen molar-refractivity contribution in [3.05, 3.63) is 29.8 Å². The van der Waals surface area contributed by atoms with Gasteiger partial charge in [0.2, 0.25) is 0 Å². The van der Waals surface area contributed by atoms with E-state index in [0.717, 1.165) is 19.5 Å². The van der Waals surface area contributed by atoms with Crippen molar-refractivity contribution in [2.75, 3.05) is 31.2 Å². The van der Waals surface area contributed by atoms with Crippen LogP contribution in [-0.4, -0.2) is 37.5 Å². The van der Waals surface area contributed by atoms with Crippen molar-refractivity contribution in [2.24, 2.45) is 0 Å². The summed E-state index contributed by atoms with van der Waals surface area (Å²) in [5, 5.41) is 8.72. The molecule has 16 heavy (non-hydrogen) atoms. The third kappa shape index (κ3) is 2.54. The van der Waals surface area contributed by atoms with Crippen LogP contribution in [0.25, 0.3) is 0 Å². The monoisotopic (exact) mass is 221 g/mol. The van der Waals surface area contributed by atoms with Crippen molar-refractivity contribution in [3.8, 4) is 0 Å². The van der Waals surface area contributed by atoms with E-state index in [4.69, 9.17) is 9.84 Å². The second-order valence-electron chi connectivity index (χ2n) is 4.24. The summed E-state index contributed by atoms with van der Waals surface area (Å²) < 4.78 is 5.55. The maximum atomic E-state index is 8.72. The number of para-hydroxylation sites is 1. The molecule has 0 aromatic heterocycles. The third-order valence-corrected chi connectivity index (χ3v) is 3.05. The zero-order valence-electron chi connectivity index (χ0n) is 9.72. The average Bonchev–Trinajstić information content (AvgIpc) is 2.75. The van der Waals surface area contributed by atoms with E-state index in [2.05, 4.69) is 36.1 Å². The van der Waals surface area contributed by atoms with E-state index in [1.807, 2.05) is 0 Å². The summed E-state index contributed by atoms with van der Waals surface area (Å²) in [5.41, 5.74) is 2.61. The van der Waals surface area contributed by atoms with Crippen molar-refractivity contribution in [2.45, 2.75) is 19.4 Å². The molecule has 1 atom stereocenters. The van der Waals surface area contributed by atoms with Gasteiger partial charge >= 0.3 is 0 Å². The number of hydrogen-bond acceptors (Lipinski definition) is 3. The SMILES string of the molecule is Cc1ccccc1N1CC[C@@H](OCCO)C1. The first-order valence-corrected chi connectivity index (χ1v) is 5.84. The molecule has 1 aromatic carbocycles. The minimum atomic E-state index is 0.112. The molecule has 1 heterocycles. The predicted octanol–water partition coefficient (Wildman–Crippen LogP) is 1.58. The molecule has 0 radical (unpaired) electrons. The van der Waals surface area contributed by atoms with E-state index in [1.54, 1.807) is 0 Å². The van der Waals surface area contributed by atoms with Crippen molar-refractivity contribution >= 4 is 5.69 Å². The van der Waals surface area contributed by atoms with E-state index in [0.29, 0.717) is 6.61 Å². The molecule has 3 nitrogen and oxygen atoms in total. The average molecular weight is 221 g/mol. The number of aliphatic hydroxyl groups excluding tert-OH is 1. The fourth-order valence-corrected chi connectivity index (χ4v) is 2.22. The van der Waals surface area contributed by atoms with Crippen molar-refractivity contribution in [1.29, 1.82) is 0 Å². The molecule has 1 N–H and O–H groups in total. The topological polar surface area (TPSA) is 32.7 Å². The first kappa shape index (κ1) is 11.4. The van der Waals surface area contributed by atoms with Crippen LogP contribution in [0, 0.1) is 6.92 Å². The summed E-state index contributed by atoms with van der Waals surface area (Å²) in [4.78, 5) is 2.36. The number of nitrogens with zero attached hydrogens (tertiary/aromatic N) is 1. The molecule has 2 rings (SSSR count). The maximum Gasteiger partial charge on any atom is 0.0767 e. The van der Waals surface area contributed by atoms with Gasteiger partial charge in [-0.3, -0.25) is 0 Å². The van der Waals surface area contributed by atoms with Crippen LogP contribution in [0.2, 0.25) is 0 Å². The third-order valence-electron chi connectivity index (χ3n) is 3.05. The fourth-order valence-electron chi connectivity index (χ4n) is 2.22. The molecule has 0 saturated carbocycles. The highest BCUT2D eigenvalue weighted by atomic mass is 16.5. The Kier molecular flexibility index (Phi) is 3.80. The summed E-state index contributed by atoms with van der Waals surface area (Å²) in [6.45, 7) is 4.68. The lowest BCUT2D eigenvalue weighted by molar-refractivity contribution is 0.0411. The molecule has 0 bridgehead atoms. The molecule has 0 unspecified atom stereocenters. The van der Waals surface area contributed by atoms with Gasteiger partial charge in [-0.05, 0) is 25.0 Å². The summed E-state index contributed by atoms with van der Waals surface area (Å²) in [6, 6.07) is 8.43. The lowest BCUT2D eigenvalue weighted by atomic mass is 10.2. The lowest BCUT2D eigenvalue weighted by Gasteiger charge is -2.20. The van der Waals surface area contributed by atoms with E-state index < -0.39 is 0 Å². The van der Waals surface area contributed by atoms with Gasteiger partial charge in [-0.1, -0.05) is 18.2 Å². The van der Waals surface area contributed by atoms with Crippen molar-refractivity contribution < 1.29 is 9.84 Å². The highest BCUT2D eigenvalue weighted by molar-refractivity contribution is 5.53. The molecule has 1 aliphatic rings. The van der Waals surface area contributed by atoms with Crippen LogP contribution in [0.3, 0.4) is 0 Å². The number of anilines is 1. The molecule has 0 amide bonds. The first-order chi connectivity index (χ1) is 7.81. The lowest BCUT2D eigenvalue weighted by Crippen LogP contribution is -2.24. The van der Waals surface area contributed by atoms with Gasteiger partial charge in [0.05, 0.1) is 19.3 Å². The van der Waals surface area contributed by atoms with E-state index in [-0.39, 0.29) is 12.7 Å². The number of hydrogen-bond donors (Lipinski definition) is 1. The van der Waals surface area contributed by atoms with E-state index in [1.165, 1.54) is 11.3 Å². The standard InChI is InChI=1S/C13H19NO2/c1-11-4-2-3-5-13(11)14-7-6-12(10-14)16-9-8-15/h2-5,12,15H,6-10H2,1H3/t12-/m1/s1. The summed E-state index contributed by atoms with van der Waals surface area (Å²) in [6.07, 6.45) is 1.32. The largest absolute Gasteiger partial charge is 0.394 e. The first-order valence-electron chi connectivity index (χ1n) is 5.84. The normalized spacial score (nSPS) is 20.4. The van der Waals surface area contributed by atoms with Crippen LogP contribution in [0.4, 0.5) is 5.69 Å². The van der Waals surface area contributed by atoms with E-state index in [9.17, 15) is 0 Å². The molecule has 88 valence electrons. The fraction of sp³-hybridized carbons (Fsp3) is 0.538. The zero-order chi connectivity index (χ0) is 11.4. The highest BCUT2D eigenvalue weighted by Crippen LogP contribution is 2.24. The van der Waals surface area contributed by atoms with Crippen LogP contribution in [0.15, 0.2) is 24.3 Å². The molecule has 1 aromatic rings. The molecule has 3 heteroatoms. The summed E-state index contributed by atoms with van der Waals surface area (Å²) in [5.74, 6) is 0. The van der Waals surface area contributed by atoms with Gasteiger partial charge in [0, 0.05) is 18.8 Å². The Labute approximate surface area is 96.6 Å². The second-order valence-corrected chi connectivity index (χ2v) is 4.24. The second kappa shape index (κ2) is 5.32. The van der Waals surface area contributed by atoms with Gasteiger partial charge < -0.3 is 14.7 Å². The Balaban J connectivity index is 1.96. The minimum absolute atomic E-state index is 0.112. The molecule has 0 aliphatic carbocycles. The zero-order valence-corrected chi connectivity index (χ0v) is 9.72. The van der Waals surface area contributed by atoms with Gasteiger partial charge in [0.1, 0.15) is 0 Å². The van der Waals surface area contributed by atoms with Gasteiger partial charge in [-0.2, -0.15) is 0 Å². The quantitative estimate of drug-likeness (QED) is 0.838. The molecule has 1 fully saturated rings. The molecular weight excluding hydrogens is 202 g/mol. The van der Waals surface area contributed by atoms with Gasteiger partial charge in [0.25, 0.3) is 0 Å². The Hall–Kier alpha value is -1.06. The van der Waals surface area contributed by atoms with Gasteiger partial charge in [-0.25, -0.2) is 0 Å². The molecule has 1 aliphatic heterocycles. The number of ether oxygens (including phenoxy) is 1. The van der Waals surface area contributed by atoms with Crippen LogP contribution in [0.1, 0.15) is 12.0 Å². The summed E-state index contributed by atoms with van der Waals surface area (Å²) >= 11 is 0. The predicted molar refractivity (Wildman–Crippen MR) is 64.8 cm³/mol. The number of rotatable bonds is 4. The van der Waals surface area contributed by atoms with Crippen LogP contribution in [0.5, 0.6) is 0 Å². The smallest absolute Gasteiger partial charge is 0.0767 e. The summed E-state index contributed by atoms with van der Waals surface area (Å²) in [7, 11) is 0. The van der Waals surface area contributed by atoms with Crippen molar-refractivity contribution in [1.82, 2.24) is 0 Å². The van der Waals surface area contributed by atoms with Crippen molar-refractivity contribution in [3.63, 3.8) is 0 Å². The molecule has 0 spiro atoms. The Morgan fingerprint density at radius 3 is 3.00 bits per heavy atom. The Bertz CT molecular complexity index is 340. The number of benzene rings is 1. The van der Waals surface area contributed by atoms with Gasteiger partial charge in [0.15, 0.2) is 0 Å². The highest BCUT2D eigenvalue weighted by Gasteiger charge is 2.23. The maximum absolute atomic E-state index is 8.72. The molecular formula is C13H19NO2. The Morgan fingerprint density at radius 1 is 1.44 bits per heavy atom. The molecule has 1 saturated heterocycles. The number of aliphatic hydroxyl groups is 1. The van der Waals surface area contributed by atoms with Crippen LogP contribution < -0.4 is 4.90 Å². The Morgan fingerprint density at radius 2 is 2.25 bits per heavy atom. The van der Waals surface area contributed by atoms with Gasteiger partial charge in [-0.15, -0.1) is 0 Å². The van der Waals surface area contributed by atoms with Crippen LogP contribution >= 0.6 is 0 Å². The van der Waals surface area contributed by atoms with Crippen LogP contribution in [-0.2, 0) is 4.74 Å². The number of aryl methyl sites for hydroxylation is 1. The van der Waals surface area contributed by atoms with E-state index >= 15 is 0 Å². The minimum Gasteiger partial charge on any atom is -0.394 e.